The lowest BCUT2D eigenvalue weighted by atomic mass is 9.88. The number of nitrogens with zero attached hydrogens (tertiary/aromatic N) is 2. The number of hydrogen-bond donors (Lipinski definition) is 0. The quantitative estimate of drug-likeness (QED) is 0.223. The van der Waals surface area contributed by atoms with Gasteiger partial charge in [0.1, 0.15) is 0 Å². The van der Waals surface area contributed by atoms with Crippen LogP contribution in [-0.4, -0.2) is 10.7 Å². The zero-order valence-electron chi connectivity index (χ0n) is 25.2. The minimum absolute atomic E-state index is 0.212. The van der Waals surface area contributed by atoms with Crippen LogP contribution in [0.2, 0.25) is 0 Å². The molecule has 3 aromatic carbocycles. The number of fused-ring (bicyclic) bond motifs is 1. The van der Waals surface area contributed by atoms with E-state index < -0.39 is 0 Å². The Bertz CT molecular complexity index is 2010. The van der Waals surface area contributed by atoms with Crippen LogP contribution in [0.4, 0.5) is 0 Å². The van der Waals surface area contributed by atoms with Gasteiger partial charge in [0.05, 0.1) is 22.6 Å². The van der Waals surface area contributed by atoms with E-state index in [1.807, 2.05) is 0 Å². The molecule has 2 nitrogen and oxygen atoms in total. The fraction of sp³-hybridized carbons (Fsp3) is 0.116. The van der Waals surface area contributed by atoms with Gasteiger partial charge in [-0.1, -0.05) is 140 Å². The minimum Gasteiger partial charge on any atom is -0.273 e. The molecule has 1 aliphatic heterocycles. The van der Waals surface area contributed by atoms with Crippen LogP contribution in [0.3, 0.4) is 0 Å². The first-order valence-electron chi connectivity index (χ1n) is 15.9. The Morgan fingerprint density at radius 1 is 0.644 bits per heavy atom. The van der Waals surface area contributed by atoms with E-state index in [1.54, 1.807) is 0 Å². The Hall–Kier alpha value is -5.34. The Labute approximate surface area is 265 Å². The van der Waals surface area contributed by atoms with E-state index in [0.29, 0.717) is 5.92 Å². The fourth-order valence-electron chi connectivity index (χ4n) is 6.82. The normalized spacial score (nSPS) is 21.6. The molecular formula is C43H34N2. The first-order valence-corrected chi connectivity index (χ1v) is 15.9. The predicted octanol–water partition coefficient (Wildman–Crippen LogP) is 10.4. The summed E-state index contributed by atoms with van der Waals surface area (Å²) in [6.07, 6.45) is 27.1. The second-order valence-corrected chi connectivity index (χ2v) is 12.1. The average molecular weight is 579 g/mol. The molecule has 45 heavy (non-hydrogen) atoms. The maximum Gasteiger partial charge on any atom is 0.0940 e. The van der Waals surface area contributed by atoms with E-state index in [0.717, 1.165) is 53.1 Å². The summed E-state index contributed by atoms with van der Waals surface area (Å²) in [7, 11) is 0. The summed E-state index contributed by atoms with van der Waals surface area (Å²) in [5.41, 5.74) is 12.6. The highest BCUT2D eigenvalue weighted by molar-refractivity contribution is 6.11. The zero-order chi connectivity index (χ0) is 30.1. The van der Waals surface area contributed by atoms with E-state index in [2.05, 4.69) is 164 Å². The van der Waals surface area contributed by atoms with Gasteiger partial charge in [-0.2, -0.15) is 0 Å². The average Bonchev–Trinajstić information content (AvgIpc) is 3.93. The van der Waals surface area contributed by atoms with Crippen LogP contribution in [-0.2, 0) is 5.54 Å². The molecule has 0 spiro atoms. The molecule has 216 valence electrons. The number of benzene rings is 3. The van der Waals surface area contributed by atoms with Gasteiger partial charge in [-0.15, -0.1) is 0 Å². The van der Waals surface area contributed by atoms with Crippen molar-refractivity contribution in [3.05, 3.63) is 192 Å². The molecular weight excluding hydrogens is 544 g/mol. The molecule has 2 atom stereocenters. The van der Waals surface area contributed by atoms with Crippen molar-refractivity contribution in [2.75, 3.05) is 0 Å². The molecule has 0 radical (unpaired) electrons. The van der Waals surface area contributed by atoms with Gasteiger partial charge in [0.2, 0.25) is 0 Å². The summed E-state index contributed by atoms with van der Waals surface area (Å²) in [6, 6.07) is 34.6. The number of rotatable bonds is 6. The summed E-state index contributed by atoms with van der Waals surface area (Å²) < 4.78 is 0. The first kappa shape index (κ1) is 27.2. The van der Waals surface area contributed by atoms with Crippen molar-refractivity contribution in [1.82, 2.24) is 4.98 Å². The summed E-state index contributed by atoms with van der Waals surface area (Å²) in [5.74, 6) is 0.392. The van der Waals surface area contributed by atoms with Crippen molar-refractivity contribution in [2.45, 2.75) is 24.8 Å². The van der Waals surface area contributed by atoms with E-state index in [-0.39, 0.29) is 5.54 Å². The van der Waals surface area contributed by atoms with E-state index >= 15 is 0 Å². The Morgan fingerprint density at radius 2 is 1.40 bits per heavy atom. The highest BCUT2D eigenvalue weighted by Crippen LogP contribution is 2.62. The molecule has 0 N–H and O–H groups in total. The maximum absolute atomic E-state index is 5.53. The molecule has 1 saturated carbocycles. The lowest BCUT2D eigenvalue weighted by Crippen LogP contribution is -2.18. The van der Waals surface area contributed by atoms with Gasteiger partial charge in [0.15, 0.2) is 0 Å². The zero-order valence-corrected chi connectivity index (χ0v) is 25.2. The molecule has 2 unspecified atom stereocenters. The van der Waals surface area contributed by atoms with Crippen LogP contribution in [0.1, 0.15) is 36.0 Å². The molecule has 1 fully saturated rings. The van der Waals surface area contributed by atoms with Gasteiger partial charge in [0.25, 0.3) is 0 Å². The third kappa shape index (κ3) is 5.34. The maximum atomic E-state index is 5.53. The van der Waals surface area contributed by atoms with Gasteiger partial charge in [-0.3, -0.25) is 4.99 Å². The Morgan fingerprint density at radius 3 is 2.27 bits per heavy atom. The van der Waals surface area contributed by atoms with Crippen LogP contribution >= 0.6 is 0 Å². The summed E-state index contributed by atoms with van der Waals surface area (Å²) in [6.45, 7) is 0. The van der Waals surface area contributed by atoms with Gasteiger partial charge in [-0.25, -0.2) is 4.98 Å². The van der Waals surface area contributed by atoms with Crippen LogP contribution < -0.4 is 0 Å². The molecule has 0 saturated heterocycles. The standard InChI is InChI=1S/C43H34N2/c1-2-8-17-31(16-7-1)36-27-40(33-20-11-5-12-21-33)44-41(28-36)34-22-15-23-35(26-34)42-29-38(32-18-9-3-4-10-19-32)39-30-43(39,45-42)37-24-13-6-14-25-37/h1-9,11-16,18-29,39H,10,17,30H2. The van der Waals surface area contributed by atoms with E-state index in [1.165, 1.54) is 27.8 Å². The molecule has 0 amide bonds. The molecule has 4 aliphatic rings. The van der Waals surface area contributed by atoms with Gasteiger partial charge < -0.3 is 0 Å². The lowest BCUT2D eigenvalue weighted by Gasteiger charge is -2.23. The van der Waals surface area contributed by atoms with Crippen molar-refractivity contribution in [3.8, 4) is 22.5 Å². The molecule has 3 aliphatic carbocycles. The number of dihydropyridines is 1. The Balaban J connectivity index is 1.24. The second-order valence-electron chi connectivity index (χ2n) is 12.1. The molecule has 2 heterocycles. The fourth-order valence-corrected chi connectivity index (χ4v) is 6.82. The summed E-state index contributed by atoms with van der Waals surface area (Å²) in [4.78, 5) is 10.7. The lowest BCUT2D eigenvalue weighted by molar-refractivity contribution is 0.678. The molecule has 0 bridgehead atoms. The van der Waals surface area contributed by atoms with Gasteiger partial charge in [-0.05, 0) is 71.4 Å². The largest absolute Gasteiger partial charge is 0.273 e. The third-order valence-electron chi connectivity index (χ3n) is 9.24. The molecule has 2 heteroatoms. The number of aromatic nitrogens is 1. The SMILES string of the molecule is C1=CC=C(c2cc(-c3ccccc3)nc(-c3cccc(C4=NC5(c6ccccc6)CC5C(C5=CCC=CC=C5)=C4)c3)c2)CC=C1. The topological polar surface area (TPSA) is 25.2 Å². The minimum atomic E-state index is -0.212. The second kappa shape index (κ2) is 11.6. The van der Waals surface area contributed by atoms with Crippen molar-refractivity contribution in [2.24, 2.45) is 10.9 Å². The first-order chi connectivity index (χ1) is 22.3. The highest BCUT2D eigenvalue weighted by Gasteiger charge is 2.59. The monoisotopic (exact) mass is 578 g/mol. The van der Waals surface area contributed by atoms with Crippen LogP contribution in [0.5, 0.6) is 0 Å². The molecule has 1 aromatic heterocycles. The molecule has 4 aromatic rings. The van der Waals surface area contributed by atoms with Crippen molar-refractivity contribution in [3.63, 3.8) is 0 Å². The van der Waals surface area contributed by atoms with Gasteiger partial charge in [0, 0.05) is 22.6 Å². The Kier molecular flexibility index (Phi) is 7.04. The van der Waals surface area contributed by atoms with Crippen LogP contribution in [0.15, 0.2) is 180 Å². The van der Waals surface area contributed by atoms with Crippen LogP contribution in [0, 0.1) is 5.92 Å². The predicted molar refractivity (Wildman–Crippen MR) is 188 cm³/mol. The smallest absolute Gasteiger partial charge is 0.0940 e. The van der Waals surface area contributed by atoms with Crippen molar-refractivity contribution < 1.29 is 0 Å². The van der Waals surface area contributed by atoms with Crippen molar-refractivity contribution in [1.29, 1.82) is 0 Å². The number of allylic oxidation sites excluding steroid dienone is 13. The highest BCUT2D eigenvalue weighted by atomic mass is 15.0. The van der Waals surface area contributed by atoms with Gasteiger partial charge >= 0.3 is 0 Å². The number of aliphatic imine (C=N–C) groups is 1. The summed E-state index contributed by atoms with van der Waals surface area (Å²) in [5, 5.41) is 0. The molecule has 8 rings (SSSR count). The number of pyridine rings is 1. The van der Waals surface area contributed by atoms with Crippen molar-refractivity contribution >= 4 is 11.3 Å². The van der Waals surface area contributed by atoms with Crippen LogP contribution in [0.25, 0.3) is 28.1 Å². The van der Waals surface area contributed by atoms with E-state index in [4.69, 9.17) is 9.98 Å². The third-order valence-corrected chi connectivity index (χ3v) is 9.24. The number of hydrogen-bond acceptors (Lipinski definition) is 2. The summed E-state index contributed by atoms with van der Waals surface area (Å²) >= 11 is 0. The van der Waals surface area contributed by atoms with E-state index in [9.17, 15) is 0 Å².